The number of rotatable bonds is 9. The van der Waals surface area contributed by atoms with Crippen LogP contribution >= 0.6 is 0 Å². The lowest BCUT2D eigenvalue weighted by molar-refractivity contribution is 0.187. The number of nitrogens with one attached hydrogen (secondary N) is 2. The Balaban J connectivity index is 2.37. The van der Waals surface area contributed by atoms with E-state index in [1.165, 1.54) is 4.31 Å². The fourth-order valence-electron chi connectivity index (χ4n) is 2.66. The zero-order chi connectivity index (χ0) is 15.9. The van der Waals surface area contributed by atoms with Gasteiger partial charge in [0.15, 0.2) is 0 Å². The SMILES string of the molecule is CCCNCCCN(C)S(=O)(=O)NC1CCN(C)CC1C. The minimum Gasteiger partial charge on any atom is -0.317 e. The molecule has 2 unspecified atom stereocenters. The van der Waals surface area contributed by atoms with Gasteiger partial charge in [0, 0.05) is 26.2 Å². The molecule has 2 atom stereocenters. The van der Waals surface area contributed by atoms with Crippen molar-refractivity contribution >= 4 is 10.2 Å². The molecule has 0 spiro atoms. The Kier molecular flexibility index (Phi) is 8.12. The predicted octanol–water partition coefficient (Wildman–Crippen LogP) is 0.483. The molecule has 1 heterocycles. The average Bonchev–Trinajstić information content (AvgIpc) is 2.41. The molecule has 0 aromatic rings. The van der Waals surface area contributed by atoms with Crippen LogP contribution < -0.4 is 10.0 Å². The van der Waals surface area contributed by atoms with Crippen molar-refractivity contribution in [3.05, 3.63) is 0 Å². The monoisotopic (exact) mass is 320 g/mol. The molecule has 1 fully saturated rings. The van der Waals surface area contributed by atoms with Gasteiger partial charge in [0.05, 0.1) is 0 Å². The highest BCUT2D eigenvalue weighted by Crippen LogP contribution is 2.16. The van der Waals surface area contributed by atoms with Gasteiger partial charge in [0.25, 0.3) is 10.2 Å². The molecule has 0 saturated carbocycles. The normalized spacial score (nSPS) is 24.6. The van der Waals surface area contributed by atoms with Gasteiger partial charge in [-0.3, -0.25) is 0 Å². The van der Waals surface area contributed by atoms with Crippen molar-refractivity contribution in [2.45, 2.75) is 39.2 Å². The molecule has 21 heavy (non-hydrogen) atoms. The summed E-state index contributed by atoms with van der Waals surface area (Å²) >= 11 is 0. The van der Waals surface area contributed by atoms with Crippen molar-refractivity contribution in [2.75, 3.05) is 46.8 Å². The summed E-state index contributed by atoms with van der Waals surface area (Å²) in [7, 11) is 0.369. The van der Waals surface area contributed by atoms with Crippen LogP contribution in [0.4, 0.5) is 0 Å². The van der Waals surface area contributed by atoms with Crippen molar-refractivity contribution in [3.63, 3.8) is 0 Å². The van der Waals surface area contributed by atoms with Gasteiger partial charge in [-0.2, -0.15) is 17.4 Å². The summed E-state index contributed by atoms with van der Waals surface area (Å²) < 4.78 is 29.0. The lowest BCUT2D eigenvalue weighted by Crippen LogP contribution is -2.52. The van der Waals surface area contributed by atoms with Crippen LogP contribution in [0.2, 0.25) is 0 Å². The summed E-state index contributed by atoms with van der Waals surface area (Å²) in [5.74, 6) is 0.346. The van der Waals surface area contributed by atoms with E-state index in [1.54, 1.807) is 7.05 Å². The van der Waals surface area contributed by atoms with Crippen LogP contribution in [0.15, 0.2) is 0 Å². The van der Waals surface area contributed by atoms with Gasteiger partial charge in [0.1, 0.15) is 0 Å². The van der Waals surface area contributed by atoms with Gasteiger partial charge in [-0.25, -0.2) is 0 Å². The van der Waals surface area contributed by atoms with E-state index in [-0.39, 0.29) is 6.04 Å². The molecule has 1 saturated heterocycles. The Morgan fingerprint density at radius 3 is 2.67 bits per heavy atom. The number of hydrogen-bond donors (Lipinski definition) is 2. The van der Waals surface area contributed by atoms with Crippen LogP contribution in [0.25, 0.3) is 0 Å². The zero-order valence-electron chi connectivity index (χ0n) is 13.9. The van der Waals surface area contributed by atoms with E-state index in [0.717, 1.165) is 45.4 Å². The quantitative estimate of drug-likeness (QED) is 0.607. The molecule has 7 heteroatoms. The lowest BCUT2D eigenvalue weighted by Gasteiger charge is -2.35. The van der Waals surface area contributed by atoms with Crippen LogP contribution in [0.3, 0.4) is 0 Å². The minimum atomic E-state index is -3.37. The molecule has 1 aliphatic heterocycles. The third-order valence-electron chi connectivity index (χ3n) is 4.07. The second-order valence-corrected chi connectivity index (χ2v) is 7.99. The molecule has 126 valence electrons. The maximum Gasteiger partial charge on any atom is 0.279 e. The lowest BCUT2D eigenvalue weighted by atomic mass is 9.95. The third-order valence-corrected chi connectivity index (χ3v) is 5.68. The second-order valence-electron chi connectivity index (χ2n) is 6.18. The van der Waals surface area contributed by atoms with Crippen LogP contribution in [0.5, 0.6) is 0 Å². The van der Waals surface area contributed by atoms with Crippen LogP contribution in [0.1, 0.15) is 33.1 Å². The van der Waals surface area contributed by atoms with Gasteiger partial charge in [-0.1, -0.05) is 13.8 Å². The van der Waals surface area contributed by atoms with Gasteiger partial charge in [-0.05, 0) is 51.9 Å². The van der Waals surface area contributed by atoms with E-state index in [4.69, 9.17) is 0 Å². The molecule has 0 aromatic carbocycles. The maximum absolute atomic E-state index is 12.3. The smallest absolute Gasteiger partial charge is 0.279 e. The average molecular weight is 321 g/mol. The van der Waals surface area contributed by atoms with E-state index in [1.807, 2.05) is 0 Å². The highest BCUT2D eigenvalue weighted by molar-refractivity contribution is 7.87. The Morgan fingerprint density at radius 1 is 1.33 bits per heavy atom. The molecule has 1 rings (SSSR count). The Hall–Kier alpha value is -0.210. The Labute approximate surface area is 130 Å². The van der Waals surface area contributed by atoms with Gasteiger partial charge in [-0.15, -0.1) is 0 Å². The largest absolute Gasteiger partial charge is 0.317 e. The summed E-state index contributed by atoms with van der Waals surface area (Å²) in [5.41, 5.74) is 0. The maximum atomic E-state index is 12.3. The van der Waals surface area contributed by atoms with Crippen molar-refractivity contribution in [1.82, 2.24) is 19.2 Å². The van der Waals surface area contributed by atoms with E-state index >= 15 is 0 Å². The fourth-order valence-corrected chi connectivity index (χ4v) is 3.94. The standard InChI is InChI=1S/C14H32N4O2S/c1-5-8-15-9-6-10-18(4)21(19,20)16-14-7-11-17(3)12-13(14)2/h13-16H,5-12H2,1-4H3. The zero-order valence-corrected chi connectivity index (χ0v) is 14.7. The molecular weight excluding hydrogens is 288 g/mol. The Bertz CT molecular complexity index is 388. The first-order chi connectivity index (χ1) is 9.86. The van der Waals surface area contributed by atoms with Crippen molar-refractivity contribution in [1.29, 1.82) is 0 Å². The van der Waals surface area contributed by atoms with Crippen LogP contribution in [0, 0.1) is 5.92 Å². The van der Waals surface area contributed by atoms with Crippen molar-refractivity contribution < 1.29 is 8.42 Å². The minimum absolute atomic E-state index is 0.0480. The highest BCUT2D eigenvalue weighted by atomic mass is 32.2. The van der Waals surface area contributed by atoms with Crippen molar-refractivity contribution in [2.24, 2.45) is 5.92 Å². The van der Waals surface area contributed by atoms with E-state index in [0.29, 0.717) is 12.5 Å². The first kappa shape index (κ1) is 18.8. The topological polar surface area (TPSA) is 64.7 Å². The highest BCUT2D eigenvalue weighted by Gasteiger charge is 2.29. The fraction of sp³-hybridized carbons (Fsp3) is 1.00. The third kappa shape index (κ3) is 6.61. The predicted molar refractivity (Wildman–Crippen MR) is 87.5 cm³/mol. The molecule has 1 aliphatic rings. The molecule has 0 bridgehead atoms. The number of hydrogen-bond acceptors (Lipinski definition) is 4. The molecule has 0 aromatic heterocycles. The van der Waals surface area contributed by atoms with Gasteiger partial charge >= 0.3 is 0 Å². The summed E-state index contributed by atoms with van der Waals surface area (Å²) in [6, 6.07) is 0.0480. The molecule has 6 nitrogen and oxygen atoms in total. The summed E-state index contributed by atoms with van der Waals surface area (Å²) in [6.45, 7) is 8.51. The molecule has 0 aliphatic carbocycles. The molecule has 0 amide bonds. The summed E-state index contributed by atoms with van der Waals surface area (Å²) in [6.07, 6.45) is 2.81. The molecule has 2 N–H and O–H groups in total. The van der Waals surface area contributed by atoms with Gasteiger partial charge in [0.2, 0.25) is 0 Å². The summed E-state index contributed by atoms with van der Waals surface area (Å²) in [5, 5.41) is 3.29. The second kappa shape index (κ2) is 9.05. The Morgan fingerprint density at radius 2 is 2.05 bits per heavy atom. The van der Waals surface area contributed by atoms with Crippen LogP contribution in [-0.2, 0) is 10.2 Å². The van der Waals surface area contributed by atoms with E-state index in [2.05, 4.69) is 35.8 Å². The number of likely N-dealkylation sites (tertiary alicyclic amines) is 1. The van der Waals surface area contributed by atoms with Crippen molar-refractivity contribution in [3.8, 4) is 0 Å². The summed E-state index contributed by atoms with van der Waals surface area (Å²) in [4.78, 5) is 2.25. The van der Waals surface area contributed by atoms with Gasteiger partial charge < -0.3 is 10.2 Å². The van der Waals surface area contributed by atoms with E-state index in [9.17, 15) is 8.42 Å². The molecule has 0 radical (unpaired) electrons. The first-order valence-electron chi connectivity index (χ1n) is 7.99. The van der Waals surface area contributed by atoms with Crippen LogP contribution in [-0.4, -0.2) is 70.5 Å². The number of nitrogens with zero attached hydrogens (tertiary/aromatic N) is 2. The first-order valence-corrected chi connectivity index (χ1v) is 9.43. The van der Waals surface area contributed by atoms with E-state index < -0.39 is 10.2 Å². The number of piperidine rings is 1. The molecular formula is C14H32N4O2S.